The van der Waals surface area contributed by atoms with Crippen LogP contribution in [-0.2, 0) is 28.5 Å². The van der Waals surface area contributed by atoms with Crippen LogP contribution >= 0.6 is 73.2 Å². The average molecular weight is 1120 g/mol. The van der Waals surface area contributed by atoms with Gasteiger partial charge < -0.3 is 97.6 Å². The quantitative estimate of drug-likeness (QED) is 0.0226. The van der Waals surface area contributed by atoms with Crippen molar-refractivity contribution in [3.8, 4) is 0 Å². The maximum Gasteiger partial charge on any atom is 0.0455 e. The summed E-state index contributed by atoms with van der Waals surface area (Å²) in [6.45, 7) is 13.4. The van der Waals surface area contributed by atoms with Gasteiger partial charge in [-0.05, 0) is 58.2 Å². The minimum absolute atomic E-state index is 0. The third kappa shape index (κ3) is 88.1. The lowest BCUT2D eigenvalue weighted by Gasteiger charge is -2.19. The van der Waals surface area contributed by atoms with E-state index in [0.717, 1.165) is 36.9 Å². The maximum absolute atomic E-state index is 7.13. The standard InChI is InChI=1S/3C9H20N2S.6CH4.H3O3P.2H2O3S.12H2O/c3*1-2-3-8-9(4-5-10-8)11-6-7-12;;;;;;;3*1-2-3-4;;;;;;;;;;;;/h3*8-12H,2-7H2,1H3;6*1H4;1H,4H2;2*1,4H;12*1H2. The highest BCUT2D eigenvalue weighted by Crippen LogP contribution is 2.13. The SMILES string of the molecule is C.C.C.C.C.C.CCCC1NCCC1NCCS.CCCC1NCCC1NCCS.CCCC1NCCC1NCCS.O.O.O.O.O.O.O.O.O.O.O.O.OOOP.OOOS.OOOS. The fourth-order valence-corrected chi connectivity index (χ4v) is 6.02. The van der Waals surface area contributed by atoms with E-state index in [4.69, 9.17) is 15.8 Å². The van der Waals surface area contributed by atoms with E-state index in [9.17, 15) is 0 Å². The van der Waals surface area contributed by atoms with E-state index in [-0.39, 0.29) is 110 Å². The molecule has 0 aromatic heterocycles. The Morgan fingerprint density at radius 3 is 0.758 bits per heavy atom. The highest BCUT2D eigenvalue weighted by atomic mass is 32.1. The largest absolute Gasteiger partial charge is 0.412 e. The second kappa shape index (κ2) is 116. The van der Waals surface area contributed by atoms with Gasteiger partial charge in [0, 0.05) is 108 Å². The lowest BCUT2D eigenvalue weighted by Crippen LogP contribution is -2.41. The van der Waals surface area contributed by atoms with Gasteiger partial charge in [0.15, 0.2) is 0 Å². The van der Waals surface area contributed by atoms with Crippen molar-refractivity contribution in [1.82, 2.24) is 31.9 Å². The molecule has 3 saturated heterocycles. The summed E-state index contributed by atoms with van der Waals surface area (Å²) in [7, 11) is 1.68. The van der Waals surface area contributed by atoms with E-state index >= 15 is 0 Å². The van der Waals surface area contributed by atoms with Gasteiger partial charge in [0.1, 0.15) is 0 Å². The summed E-state index contributed by atoms with van der Waals surface area (Å²) in [4.78, 5) is 0. The van der Waals surface area contributed by atoms with Gasteiger partial charge in [-0.25, -0.2) is 15.8 Å². The van der Waals surface area contributed by atoms with Crippen molar-refractivity contribution in [3.63, 3.8) is 0 Å². The van der Waals surface area contributed by atoms with Crippen LogP contribution in [-0.4, -0.2) is 174 Å². The molecule has 0 aromatic carbocycles. The molecule has 3 aliphatic rings. The first-order chi connectivity index (χ1) is 23.4. The van der Waals surface area contributed by atoms with Crippen LogP contribution in [0.2, 0.25) is 0 Å². The zero-order valence-electron chi connectivity index (χ0n) is 34.8. The molecule has 0 spiro atoms. The first kappa shape index (κ1) is 138. The number of hydrogen-bond acceptors (Lipinski definition) is 20. The molecule has 0 saturated carbocycles. The summed E-state index contributed by atoms with van der Waals surface area (Å²) in [5.74, 6) is 2.82. The molecule has 3 rings (SSSR count). The second-order valence-electron chi connectivity index (χ2n) is 10.7. The molecular formula is C33H115N6O21PS5. The summed E-state index contributed by atoms with van der Waals surface area (Å²) in [6, 6.07) is 4.19. The van der Waals surface area contributed by atoms with Crippen LogP contribution < -0.4 is 31.9 Å². The third-order valence-corrected chi connectivity index (χ3v) is 8.40. The van der Waals surface area contributed by atoms with Gasteiger partial charge >= 0.3 is 0 Å². The Labute approximate surface area is 429 Å². The number of thiol groups is 5. The molecule has 0 radical (unpaired) electrons. The zero-order valence-corrected chi connectivity index (χ0v) is 40.4. The molecule has 7 atom stereocenters. The summed E-state index contributed by atoms with van der Waals surface area (Å²) in [5, 5.41) is 51.3. The Bertz CT molecular complexity index is 567. The van der Waals surface area contributed by atoms with Gasteiger partial charge in [-0.2, -0.15) is 42.6 Å². The molecule has 3 aliphatic heterocycles. The Balaban J connectivity index is -0.0000000192. The highest BCUT2D eigenvalue weighted by molar-refractivity contribution is 7.80. The Kier molecular flexibility index (Phi) is 243. The summed E-state index contributed by atoms with van der Waals surface area (Å²) in [5.41, 5.74) is 0. The first-order valence-corrected chi connectivity index (χ1v) is 19.6. The summed E-state index contributed by atoms with van der Waals surface area (Å²) in [6.07, 6.45) is 11.5. The average Bonchev–Trinajstić information content (AvgIpc) is 3.88. The smallest absolute Gasteiger partial charge is 0.0455 e. The second-order valence-corrected chi connectivity index (χ2v) is 12.6. The van der Waals surface area contributed by atoms with Crippen LogP contribution in [0.15, 0.2) is 0 Å². The Morgan fingerprint density at radius 2 is 0.636 bits per heavy atom. The third-order valence-electron chi connectivity index (χ3n) is 7.51. The van der Waals surface area contributed by atoms with Crippen molar-refractivity contribution in [3.05, 3.63) is 0 Å². The van der Waals surface area contributed by atoms with E-state index in [1.807, 2.05) is 0 Å². The molecule has 0 amide bonds. The molecule has 27 nitrogen and oxygen atoms in total. The maximum atomic E-state index is 7.13. The molecule has 0 aliphatic carbocycles. The lowest BCUT2D eigenvalue weighted by atomic mass is 10.1. The van der Waals surface area contributed by atoms with Crippen LogP contribution in [0.25, 0.3) is 0 Å². The fraction of sp³-hybridized carbons (Fsp3) is 1.00. The molecular weight excluding hydrogens is 1010 g/mol. The van der Waals surface area contributed by atoms with E-state index in [2.05, 4.69) is 145 Å². The predicted octanol–water partition coefficient (Wildman–Crippen LogP) is -2.27. The van der Waals surface area contributed by atoms with E-state index in [1.165, 1.54) is 77.4 Å². The van der Waals surface area contributed by atoms with Crippen molar-refractivity contribution < 1.29 is 110 Å². The van der Waals surface area contributed by atoms with Crippen molar-refractivity contribution in [2.75, 3.05) is 56.5 Å². The zero-order chi connectivity index (χ0) is 36.7. The Hall–Kier alpha value is 1.10. The minimum atomic E-state index is 0. The highest BCUT2D eigenvalue weighted by Gasteiger charge is 2.26. The molecule has 7 unspecified atom stereocenters. The predicted molar refractivity (Wildman–Crippen MR) is 297 cm³/mol. The lowest BCUT2D eigenvalue weighted by molar-refractivity contribution is -0.433. The molecule has 0 bridgehead atoms. The van der Waals surface area contributed by atoms with Gasteiger partial charge in [-0.15, -0.1) is 8.67 Å². The van der Waals surface area contributed by atoms with Gasteiger partial charge in [0.2, 0.25) is 0 Å². The van der Waals surface area contributed by atoms with Crippen LogP contribution in [0.1, 0.15) is 123 Å². The topological polar surface area (TPSA) is 566 Å². The normalized spacial score (nSPS) is 17.5. The van der Waals surface area contributed by atoms with E-state index in [0.29, 0.717) is 36.3 Å². The first-order valence-electron chi connectivity index (χ1n) is 16.5. The van der Waals surface area contributed by atoms with Crippen molar-refractivity contribution in [2.24, 2.45) is 0 Å². The number of nitrogens with one attached hydrogen (secondary N) is 6. The van der Waals surface area contributed by atoms with Crippen molar-refractivity contribution >= 4 is 73.2 Å². The fourth-order valence-electron chi connectivity index (χ4n) is 5.63. The molecule has 3 fully saturated rings. The van der Waals surface area contributed by atoms with Gasteiger partial charge in [0.05, 0.1) is 0 Å². The van der Waals surface area contributed by atoms with Crippen LogP contribution in [0, 0.1) is 0 Å². The summed E-state index contributed by atoms with van der Waals surface area (Å²) >= 11 is 18.5. The Morgan fingerprint density at radius 1 is 0.455 bits per heavy atom. The van der Waals surface area contributed by atoms with Gasteiger partial charge in [-0.1, -0.05) is 99.7 Å². The molecule has 33 N–H and O–H groups in total. The molecule has 33 heteroatoms. The van der Waals surface area contributed by atoms with E-state index in [1.54, 1.807) is 9.47 Å². The molecule has 3 heterocycles. The molecule has 66 heavy (non-hydrogen) atoms. The van der Waals surface area contributed by atoms with Crippen LogP contribution in [0.5, 0.6) is 0 Å². The van der Waals surface area contributed by atoms with Crippen LogP contribution in [0.4, 0.5) is 0 Å². The van der Waals surface area contributed by atoms with Gasteiger partial charge in [0.25, 0.3) is 0 Å². The number of hydrogen-bond donors (Lipinski definition) is 14. The van der Waals surface area contributed by atoms with E-state index < -0.39 is 0 Å². The molecule has 438 valence electrons. The van der Waals surface area contributed by atoms with Crippen LogP contribution in [0.3, 0.4) is 0 Å². The minimum Gasteiger partial charge on any atom is -0.412 e. The van der Waals surface area contributed by atoms with Crippen molar-refractivity contribution in [1.29, 1.82) is 0 Å². The van der Waals surface area contributed by atoms with Crippen molar-refractivity contribution in [2.45, 2.75) is 159 Å². The number of rotatable bonds is 18. The molecule has 0 aromatic rings. The monoisotopic (exact) mass is 1120 g/mol. The summed E-state index contributed by atoms with van der Waals surface area (Å²) < 4.78 is 10.1. The van der Waals surface area contributed by atoms with Gasteiger partial charge in [-0.3, -0.25) is 0 Å².